The molecule has 0 unspecified atom stereocenters. The fraction of sp³-hybridized carbons (Fsp3) is 0.0526. The molecule has 198 valence electrons. The first-order valence-corrected chi connectivity index (χ1v) is 14.5. The molecule has 5 aromatic carbocycles. The lowest BCUT2D eigenvalue weighted by Gasteiger charge is -2.14. The Kier molecular flexibility index (Phi) is 4.99. The summed E-state index contributed by atoms with van der Waals surface area (Å²) < 4.78 is 4.70. The molecule has 0 amide bonds. The maximum Gasteiger partial charge on any atom is 0.235 e. The van der Waals surface area contributed by atoms with Crippen LogP contribution in [0.1, 0.15) is 17.7 Å². The number of benzene rings is 5. The summed E-state index contributed by atoms with van der Waals surface area (Å²) in [5.74, 6) is 0.718. The number of rotatable bonds is 3. The highest BCUT2D eigenvalue weighted by molar-refractivity contribution is 6.14. The minimum atomic E-state index is 0.718. The van der Waals surface area contributed by atoms with Crippen molar-refractivity contribution in [2.45, 2.75) is 12.8 Å². The van der Waals surface area contributed by atoms with Gasteiger partial charge < -0.3 is 4.57 Å². The second-order valence-corrected chi connectivity index (χ2v) is 11.0. The number of allylic oxidation sites excluding steroid dienone is 1. The van der Waals surface area contributed by atoms with Gasteiger partial charge in [-0.3, -0.25) is 4.57 Å². The first-order chi connectivity index (χ1) is 20.8. The molecule has 0 bridgehead atoms. The lowest BCUT2D eigenvalue weighted by atomic mass is 10.0. The third-order valence-electron chi connectivity index (χ3n) is 8.59. The Balaban J connectivity index is 1.42. The maximum atomic E-state index is 5.30. The van der Waals surface area contributed by atoms with E-state index in [9.17, 15) is 0 Å². The van der Waals surface area contributed by atoms with Crippen LogP contribution in [0.3, 0.4) is 0 Å². The molecule has 0 N–H and O–H groups in total. The molecule has 1 aliphatic carbocycles. The van der Waals surface area contributed by atoms with E-state index in [0.717, 1.165) is 52.2 Å². The van der Waals surface area contributed by atoms with E-state index in [0.29, 0.717) is 0 Å². The van der Waals surface area contributed by atoms with E-state index in [1.807, 2.05) is 6.07 Å². The second-order valence-electron chi connectivity index (χ2n) is 11.0. The van der Waals surface area contributed by atoms with Crippen molar-refractivity contribution in [3.63, 3.8) is 0 Å². The quantitative estimate of drug-likeness (QED) is 0.225. The molecule has 0 saturated carbocycles. The van der Waals surface area contributed by atoms with Gasteiger partial charge in [0.25, 0.3) is 0 Å². The summed E-state index contributed by atoms with van der Waals surface area (Å²) in [6, 6.07) is 42.9. The summed E-state index contributed by atoms with van der Waals surface area (Å²) in [5.41, 5.74) is 10.2. The minimum absolute atomic E-state index is 0.718. The first kappa shape index (κ1) is 23.2. The van der Waals surface area contributed by atoms with Gasteiger partial charge in [-0.05, 0) is 49.2 Å². The average molecular weight is 539 g/mol. The van der Waals surface area contributed by atoms with Crippen LogP contribution in [0.4, 0.5) is 0 Å². The van der Waals surface area contributed by atoms with Crippen LogP contribution in [-0.4, -0.2) is 19.1 Å². The van der Waals surface area contributed by atoms with E-state index >= 15 is 0 Å². The standard InChI is InChI=1S/C38H26N4/c1-3-13-25(14-4-1)37-29-19-7-10-20-32(29)39-38(40-37)42-34-22-12-9-18-28(34)31-23-30-27-17-8-11-21-33(27)41(35(30)24-36(31)42)26-15-5-2-6-16-26/h1-11,13-21,23-24H,12,22H2. The van der Waals surface area contributed by atoms with Crippen LogP contribution in [0, 0.1) is 0 Å². The molecular weight excluding hydrogens is 512 g/mol. The summed E-state index contributed by atoms with van der Waals surface area (Å²) >= 11 is 0. The van der Waals surface area contributed by atoms with Crippen molar-refractivity contribution in [2.75, 3.05) is 0 Å². The van der Waals surface area contributed by atoms with Gasteiger partial charge >= 0.3 is 0 Å². The largest absolute Gasteiger partial charge is 0.309 e. The first-order valence-electron chi connectivity index (χ1n) is 14.5. The zero-order valence-electron chi connectivity index (χ0n) is 22.9. The van der Waals surface area contributed by atoms with Gasteiger partial charge in [0.1, 0.15) is 0 Å². The SMILES string of the molecule is C1=Cc2c(n(-c3nc(-c4ccccc4)c4ccccc4n3)c3cc4c(cc23)c2ccccc2n4-c2ccccc2)CC1. The Morgan fingerprint density at radius 3 is 2.12 bits per heavy atom. The number of nitrogens with zero attached hydrogens (tertiary/aromatic N) is 4. The van der Waals surface area contributed by atoms with Crippen molar-refractivity contribution < 1.29 is 0 Å². The van der Waals surface area contributed by atoms with Crippen LogP contribution in [0.25, 0.3) is 72.6 Å². The fourth-order valence-corrected chi connectivity index (χ4v) is 6.74. The van der Waals surface area contributed by atoms with Gasteiger partial charge in [-0.1, -0.05) is 97.1 Å². The van der Waals surface area contributed by atoms with Crippen molar-refractivity contribution in [3.05, 3.63) is 139 Å². The van der Waals surface area contributed by atoms with Crippen LogP contribution in [-0.2, 0) is 6.42 Å². The van der Waals surface area contributed by atoms with E-state index in [1.165, 1.54) is 38.4 Å². The Bertz CT molecular complexity index is 2340. The lowest BCUT2D eigenvalue weighted by Crippen LogP contribution is -2.08. The number of hydrogen-bond donors (Lipinski definition) is 0. The Morgan fingerprint density at radius 2 is 1.26 bits per heavy atom. The lowest BCUT2D eigenvalue weighted by molar-refractivity contribution is 0.852. The third kappa shape index (κ3) is 3.36. The highest BCUT2D eigenvalue weighted by Crippen LogP contribution is 2.40. The summed E-state index contributed by atoms with van der Waals surface area (Å²) in [6.07, 6.45) is 6.53. The van der Waals surface area contributed by atoms with E-state index in [-0.39, 0.29) is 0 Å². The van der Waals surface area contributed by atoms with Crippen LogP contribution in [0.15, 0.2) is 127 Å². The molecule has 0 atom stereocenters. The van der Waals surface area contributed by atoms with E-state index in [4.69, 9.17) is 9.97 Å². The number of fused-ring (bicyclic) bond motifs is 7. The highest BCUT2D eigenvalue weighted by Gasteiger charge is 2.24. The van der Waals surface area contributed by atoms with Gasteiger partial charge in [-0.2, -0.15) is 0 Å². The van der Waals surface area contributed by atoms with Gasteiger partial charge in [-0.25, -0.2) is 9.97 Å². The number of aromatic nitrogens is 4. The van der Waals surface area contributed by atoms with E-state index < -0.39 is 0 Å². The van der Waals surface area contributed by atoms with Crippen LogP contribution >= 0.6 is 0 Å². The predicted octanol–water partition coefficient (Wildman–Crippen LogP) is 9.30. The summed E-state index contributed by atoms with van der Waals surface area (Å²) in [7, 11) is 0. The molecular formula is C38H26N4. The molecule has 0 aliphatic heterocycles. The molecule has 1 aliphatic rings. The molecule has 0 saturated heterocycles. The minimum Gasteiger partial charge on any atom is -0.309 e. The monoisotopic (exact) mass is 538 g/mol. The Labute approximate surface area is 242 Å². The molecule has 42 heavy (non-hydrogen) atoms. The van der Waals surface area contributed by atoms with E-state index in [2.05, 4.69) is 137 Å². The highest BCUT2D eigenvalue weighted by atomic mass is 15.2. The molecule has 3 aromatic heterocycles. The van der Waals surface area contributed by atoms with Crippen molar-refractivity contribution in [1.82, 2.24) is 19.1 Å². The molecule has 0 radical (unpaired) electrons. The molecule has 4 heteroatoms. The van der Waals surface area contributed by atoms with Crippen molar-refractivity contribution in [1.29, 1.82) is 0 Å². The van der Waals surface area contributed by atoms with Crippen molar-refractivity contribution >= 4 is 49.7 Å². The second kappa shape index (κ2) is 9.02. The normalized spacial score (nSPS) is 13.0. The van der Waals surface area contributed by atoms with Crippen LogP contribution < -0.4 is 0 Å². The molecule has 0 fully saturated rings. The molecule has 3 heterocycles. The zero-order chi connectivity index (χ0) is 27.6. The van der Waals surface area contributed by atoms with E-state index in [1.54, 1.807) is 0 Å². The van der Waals surface area contributed by atoms with Crippen molar-refractivity contribution in [2.24, 2.45) is 0 Å². The van der Waals surface area contributed by atoms with Gasteiger partial charge in [0.2, 0.25) is 5.95 Å². The zero-order valence-corrected chi connectivity index (χ0v) is 22.9. The molecule has 8 aromatic rings. The maximum absolute atomic E-state index is 5.30. The fourth-order valence-electron chi connectivity index (χ4n) is 6.74. The number of para-hydroxylation sites is 3. The van der Waals surface area contributed by atoms with Crippen molar-refractivity contribution in [3.8, 4) is 22.9 Å². The van der Waals surface area contributed by atoms with Gasteiger partial charge in [0.05, 0.1) is 27.8 Å². The van der Waals surface area contributed by atoms with Crippen LogP contribution in [0.2, 0.25) is 0 Å². The third-order valence-corrected chi connectivity index (χ3v) is 8.59. The topological polar surface area (TPSA) is 35.6 Å². The number of hydrogen-bond acceptors (Lipinski definition) is 2. The Hall–Kier alpha value is -5.48. The average Bonchev–Trinajstić information content (AvgIpc) is 3.56. The summed E-state index contributed by atoms with van der Waals surface area (Å²) in [6.45, 7) is 0. The van der Waals surface area contributed by atoms with Gasteiger partial charge in [0.15, 0.2) is 0 Å². The molecule has 9 rings (SSSR count). The smallest absolute Gasteiger partial charge is 0.235 e. The van der Waals surface area contributed by atoms with Gasteiger partial charge in [0, 0.05) is 44.1 Å². The molecule has 4 nitrogen and oxygen atoms in total. The molecule has 0 spiro atoms. The van der Waals surface area contributed by atoms with Crippen LogP contribution in [0.5, 0.6) is 0 Å². The Morgan fingerprint density at radius 1 is 0.548 bits per heavy atom. The summed E-state index contributed by atoms with van der Waals surface area (Å²) in [5, 5.41) is 4.81. The predicted molar refractivity (Wildman–Crippen MR) is 174 cm³/mol. The summed E-state index contributed by atoms with van der Waals surface area (Å²) in [4.78, 5) is 10.5. The van der Waals surface area contributed by atoms with Gasteiger partial charge in [-0.15, -0.1) is 0 Å².